The second kappa shape index (κ2) is 5.81. The zero-order valence-corrected chi connectivity index (χ0v) is 9.93. The molecule has 0 aliphatic carbocycles. The molecule has 0 saturated heterocycles. The molecule has 0 aliphatic heterocycles. The van der Waals surface area contributed by atoms with Gasteiger partial charge in [-0.15, -0.1) is 0 Å². The molecule has 0 saturated carbocycles. The van der Waals surface area contributed by atoms with Crippen LogP contribution in [0.5, 0.6) is 0 Å². The van der Waals surface area contributed by atoms with Crippen LogP contribution < -0.4 is 0 Å². The summed E-state index contributed by atoms with van der Waals surface area (Å²) in [6, 6.07) is 3.62. The fourth-order valence-electron chi connectivity index (χ4n) is 1.35. The van der Waals surface area contributed by atoms with Crippen LogP contribution >= 0.6 is 0 Å². The Bertz CT molecular complexity index is 491. The number of hydrogen-bond donors (Lipinski definition) is 1. The molecule has 0 heterocycles. The van der Waals surface area contributed by atoms with Crippen molar-refractivity contribution in [2.45, 2.75) is 6.92 Å². The first-order valence-corrected chi connectivity index (χ1v) is 5.14. The second-order valence-electron chi connectivity index (χ2n) is 3.28. The lowest BCUT2D eigenvalue weighted by molar-refractivity contribution is 0.0512. The predicted octanol–water partition coefficient (Wildman–Crippen LogP) is 1.35. The average molecular weight is 252 g/mol. The van der Waals surface area contributed by atoms with Crippen LogP contribution in [0.3, 0.4) is 0 Å². The minimum absolute atomic E-state index is 0.0583. The van der Waals surface area contributed by atoms with E-state index in [1.165, 1.54) is 19.2 Å². The quantitative estimate of drug-likeness (QED) is 0.813. The topological polar surface area (TPSA) is 89.9 Å². The van der Waals surface area contributed by atoms with E-state index in [1.807, 2.05) is 0 Å². The van der Waals surface area contributed by atoms with Crippen LogP contribution in [0.15, 0.2) is 18.2 Å². The molecule has 1 aromatic rings. The molecule has 0 aromatic heterocycles. The molecule has 6 nitrogen and oxygen atoms in total. The van der Waals surface area contributed by atoms with E-state index in [0.717, 1.165) is 6.07 Å². The summed E-state index contributed by atoms with van der Waals surface area (Å²) in [7, 11) is 1.18. The molecule has 0 aliphatic rings. The standard InChI is InChI=1S/C12H12O6/c1-3-18-12(16)8-5-4-7(11(15)17-2)6-9(8)10(13)14/h4-6H,3H2,1-2H3,(H,13,14). The molecule has 0 atom stereocenters. The van der Waals surface area contributed by atoms with Gasteiger partial charge in [-0.05, 0) is 25.1 Å². The number of hydrogen-bond acceptors (Lipinski definition) is 5. The Morgan fingerprint density at radius 1 is 1.17 bits per heavy atom. The summed E-state index contributed by atoms with van der Waals surface area (Å²) in [6.07, 6.45) is 0. The van der Waals surface area contributed by atoms with Gasteiger partial charge in [0.15, 0.2) is 0 Å². The summed E-state index contributed by atoms with van der Waals surface area (Å²) in [6.45, 7) is 1.75. The Hall–Kier alpha value is -2.37. The van der Waals surface area contributed by atoms with Crippen molar-refractivity contribution in [2.24, 2.45) is 0 Å². The lowest BCUT2D eigenvalue weighted by Crippen LogP contribution is -2.13. The highest BCUT2D eigenvalue weighted by Crippen LogP contribution is 2.14. The lowest BCUT2D eigenvalue weighted by atomic mass is 10.0. The molecule has 0 unspecified atom stereocenters. The number of esters is 2. The molecular formula is C12H12O6. The highest BCUT2D eigenvalue weighted by Gasteiger charge is 2.20. The molecule has 0 amide bonds. The monoisotopic (exact) mass is 252 g/mol. The van der Waals surface area contributed by atoms with Crippen LogP contribution in [-0.4, -0.2) is 36.7 Å². The Kier molecular flexibility index (Phi) is 4.42. The zero-order chi connectivity index (χ0) is 13.7. The predicted molar refractivity (Wildman–Crippen MR) is 60.7 cm³/mol. The van der Waals surface area contributed by atoms with Crippen molar-refractivity contribution < 1.29 is 29.0 Å². The number of methoxy groups -OCH3 is 1. The highest BCUT2D eigenvalue weighted by molar-refractivity contribution is 6.04. The van der Waals surface area contributed by atoms with Crippen LogP contribution in [0.4, 0.5) is 0 Å². The summed E-state index contributed by atoms with van der Waals surface area (Å²) in [5, 5.41) is 9.00. The Balaban J connectivity index is 3.25. The fraction of sp³-hybridized carbons (Fsp3) is 0.250. The Morgan fingerprint density at radius 2 is 1.83 bits per heavy atom. The SMILES string of the molecule is CCOC(=O)c1ccc(C(=O)OC)cc1C(=O)O. The van der Waals surface area contributed by atoms with Gasteiger partial charge in [-0.3, -0.25) is 0 Å². The molecule has 1 N–H and O–H groups in total. The van der Waals surface area contributed by atoms with Crippen molar-refractivity contribution in [3.63, 3.8) is 0 Å². The van der Waals surface area contributed by atoms with Gasteiger partial charge in [-0.2, -0.15) is 0 Å². The van der Waals surface area contributed by atoms with E-state index in [0.29, 0.717) is 0 Å². The van der Waals surface area contributed by atoms with Crippen molar-refractivity contribution in [3.05, 3.63) is 34.9 Å². The third kappa shape index (κ3) is 2.85. The van der Waals surface area contributed by atoms with E-state index in [9.17, 15) is 14.4 Å². The normalized spacial score (nSPS) is 9.67. The second-order valence-corrected chi connectivity index (χ2v) is 3.28. The van der Waals surface area contributed by atoms with E-state index in [1.54, 1.807) is 6.92 Å². The molecule has 0 radical (unpaired) electrons. The van der Waals surface area contributed by atoms with Crippen molar-refractivity contribution in [1.29, 1.82) is 0 Å². The van der Waals surface area contributed by atoms with Crippen LogP contribution in [0.2, 0.25) is 0 Å². The van der Waals surface area contributed by atoms with Crippen molar-refractivity contribution in [2.75, 3.05) is 13.7 Å². The largest absolute Gasteiger partial charge is 0.478 e. The van der Waals surface area contributed by atoms with Gasteiger partial charge in [0.25, 0.3) is 0 Å². The smallest absolute Gasteiger partial charge is 0.338 e. The number of carbonyl (C=O) groups is 3. The molecule has 1 aromatic carbocycles. The van der Waals surface area contributed by atoms with E-state index in [2.05, 4.69) is 4.74 Å². The third-order valence-corrected chi connectivity index (χ3v) is 2.17. The van der Waals surface area contributed by atoms with E-state index >= 15 is 0 Å². The summed E-state index contributed by atoms with van der Waals surface area (Å²) in [5.74, 6) is -2.73. The van der Waals surface area contributed by atoms with Gasteiger partial charge in [-0.1, -0.05) is 0 Å². The average Bonchev–Trinajstić information content (AvgIpc) is 2.37. The van der Waals surface area contributed by atoms with E-state index in [4.69, 9.17) is 9.84 Å². The first kappa shape index (κ1) is 13.7. The minimum atomic E-state index is -1.32. The number of ether oxygens (including phenoxy) is 2. The van der Waals surface area contributed by atoms with Crippen molar-refractivity contribution in [3.8, 4) is 0 Å². The van der Waals surface area contributed by atoms with Crippen molar-refractivity contribution >= 4 is 17.9 Å². The van der Waals surface area contributed by atoms with E-state index < -0.39 is 17.9 Å². The third-order valence-electron chi connectivity index (χ3n) is 2.17. The first-order valence-electron chi connectivity index (χ1n) is 5.14. The van der Waals surface area contributed by atoms with Crippen LogP contribution in [0.1, 0.15) is 38.0 Å². The number of benzene rings is 1. The number of carboxylic acid groups (broad SMARTS) is 1. The van der Waals surface area contributed by atoms with Crippen LogP contribution in [0.25, 0.3) is 0 Å². The minimum Gasteiger partial charge on any atom is -0.478 e. The summed E-state index contributed by atoms with van der Waals surface area (Å²) >= 11 is 0. The highest BCUT2D eigenvalue weighted by atomic mass is 16.5. The first-order chi connectivity index (χ1) is 8.51. The Labute approximate surface area is 103 Å². The summed E-state index contributed by atoms with van der Waals surface area (Å²) in [5.41, 5.74) is -0.337. The van der Waals surface area contributed by atoms with E-state index in [-0.39, 0.29) is 23.3 Å². The molecular weight excluding hydrogens is 240 g/mol. The van der Waals surface area contributed by atoms with Crippen molar-refractivity contribution in [1.82, 2.24) is 0 Å². The van der Waals surface area contributed by atoms with Gasteiger partial charge in [0.2, 0.25) is 0 Å². The summed E-state index contributed by atoms with van der Waals surface area (Å²) in [4.78, 5) is 33.8. The number of aromatic carboxylic acids is 1. The lowest BCUT2D eigenvalue weighted by Gasteiger charge is -2.07. The fourth-order valence-corrected chi connectivity index (χ4v) is 1.35. The number of rotatable bonds is 4. The number of carboxylic acids is 1. The van der Waals surface area contributed by atoms with Gasteiger partial charge in [0, 0.05) is 0 Å². The maximum Gasteiger partial charge on any atom is 0.338 e. The molecule has 96 valence electrons. The molecule has 0 bridgehead atoms. The van der Waals surface area contributed by atoms with Gasteiger partial charge in [-0.25, -0.2) is 14.4 Å². The van der Waals surface area contributed by atoms with Gasteiger partial charge < -0.3 is 14.6 Å². The van der Waals surface area contributed by atoms with Crippen LogP contribution in [-0.2, 0) is 9.47 Å². The molecule has 0 spiro atoms. The van der Waals surface area contributed by atoms with Gasteiger partial charge in [0.05, 0.1) is 30.4 Å². The molecule has 1 rings (SSSR count). The maximum atomic E-state index is 11.5. The van der Waals surface area contributed by atoms with Crippen LogP contribution in [0, 0.1) is 0 Å². The van der Waals surface area contributed by atoms with Gasteiger partial charge >= 0.3 is 17.9 Å². The maximum absolute atomic E-state index is 11.5. The number of carbonyl (C=O) groups excluding carboxylic acids is 2. The molecule has 0 fully saturated rings. The molecule has 18 heavy (non-hydrogen) atoms. The Morgan fingerprint density at radius 3 is 2.33 bits per heavy atom. The zero-order valence-electron chi connectivity index (χ0n) is 9.93. The summed E-state index contributed by atoms with van der Waals surface area (Å²) < 4.78 is 9.20. The molecule has 6 heteroatoms. The van der Waals surface area contributed by atoms with Gasteiger partial charge in [0.1, 0.15) is 0 Å².